The van der Waals surface area contributed by atoms with Gasteiger partial charge in [-0.25, -0.2) is 8.42 Å². The Morgan fingerprint density at radius 3 is 2.24 bits per heavy atom. The summed E-state index contributed by atoms with van der Waals surface area (Å²) in [5, 5.41) is 0. The van der Waals surface area contributed by atoms with Gasteiger partial charge in [0, 0.05) is 18.7 Å². The lowest BCUT2D eigenvalue weighted by atomic mass is 10.1. The number of morpholine rings is 1. The maximum atomic E-state index is 13.2. The number of Topliss-reactive ketones (excluding diaryl/α,β-unsaturated/α-hetero) is 1. The first-order valence-corrected chi connectivity index (χ1v) is 10.2. The van der Waals surface area contributed by atoms with E-state index in [1.807, 2.05) is 0 Å². The zero-order chi connectivity index (χ0) is 21.2. The lowest BCUT2D eigenvalue weighted by Gasteiger charge is -2.31. The summed E-state index contributed by atoms with van der Waals surface area (Å²) in [6, 6.07) is 8.14. The van der Waals surface area contributed by atoms with Crippen molar-refractivity contribution < 1.29 is 31.1 Å². The van der Waals surface area contributed by atoms with Gasteiger partial charge in [0.2, 0.25) is 0 Å². The molecular weight excluding hydrogens is 409 g/mol. The molecule has 3 rings (SSSR count). The molecule has 0 saturated carbocycles. The van der Waals surface area contributed by atoms with Gasteiger partial charge in [-0.05, 0) is 37.3 Å². The fourth-order valence-corrected chi connectivity index (χ4v) is 4.01. The molecule has 0 aromatic heterocycles. The number of nitrogens with zero attached hydrogens (tertiary/aromatic N) is 1. The number of carbonyl (C=O) groups excluding carboxylic acids is 1. The minimum atomic E-state index is -4.62. The van der Waals surface area contributed by atoms with Crippen LogP contribution in [0.1, 0.15) is 22.8 Å². The van der Waals surface area contributed by atoms with E-state index >= 15 is 0 Å². The van der Waals surface area contributed by atoms with E-state index in [1.165, 1.54) is 37.3 Å². The predicted octanol–water partition coefficient (Wildman–Crippen LogP) is 3.55. The summed E-state index contributed by atoms with van der Waals surface area (Å²) in [6.45, 7) is 2.97. The lowest BCUT2D eigenvalue weighted by Crippen LogP contribution is -2.36. The van der Waals surface area contributed by atoms with Crippen LogP contribution < -0.4 is 9.62 Å². The SMILES string of the molecule is CC(=O)c1ccc(S(=O)(=O)Nc2cc(C(F)(F)F)ccc2N2CCOCC2)cc1. The Bertz CT molecular complexity index is 999. The quantitative estimate of drug-likeness (QED) is 0.738. The molecule has 6 nitrogen and oxygen atoms in total. The first-order valence-electron chi connectivity index (χ1n) is 8.76. The second-order valence-electron chi connectivity index (χ2n) is 6.52. The average Bonchev–Trinajstić information content (AvgIpc) is 2.67. The number of hydrogen-bond acceptors (Lipinski definition) is 5. The molecule has 1 aliphatic heterocycles. The van der Waals surface area contributed by atoms with E-state index in [4.69, 9.17) is 4.74 Å². The van der Waals surface area contributed by atoms with Gasteiger partial charge in [0.25, 0.3) is 10.0 Å². The van der Waals surface area contributed by atoms with Crippen molar-refractivity contribution in [3.05, 3.63) is 53.6 Å². The van der Waals surface area contributed by atoms with Gasteiger partial charge in [-0.3, -0.25) is 9.52 Å². The molecule has 10 heteroatoms. The van der Waals surface area contributed by atoms with Gasteiger partial charge in [-0.1, -0.05) is 12.1 Å². The number of benzene rings is 2. The third-order valence-corrected chi connectivity index (χ3v) is 5.87. The highest BCUT2D eigenvalue weighted by Crippen LogP contribution is 2.36. The molecule has 0 spiro atoms. The molecule has 2 aromatic carbocycles. The van der Waals surface area contributed by atoms with Crippen molar-refractivity contribution in [2.75, 3.05) is 35.9 Å². The van der Waals surface area contributed by atoms with Crippen molar-refractivity contribution in [2.45, 2.75) is 18.0 Å². The second kappa shape index (κ2) is 8.03. The molecule has 0 atom stereocenters. The molecule has 1 saturated heterocycles. The van der Waals surface area contributed by atoms with Crippen LogP contribution in [-0.4, -0.2) is 40.5 Å². The molecule has 1 fully saturated rings. The van der Waals surface area contributed by atoms with Crippen LogP contribution in [0.2, 0.25) is 0 Å². The van der Waals surface area contributed by atoms with Crippen molar-refractivity contribution in [1.82, 2.24) is 0 Å². The normalized spacial score (nSPS) is 15.2. The van der Waals surface area contributed by atoms with E-state index in [9.17, 15) is 26.4 Å². The molecule has 0 amide bonds. The number of sulfonamides is 1. The molecule has 1 heterocycles. The molecule has 1 aliphatic rings. The third kappa shape index (κ3) is 4.88. The lowest BCUT2D eigenvalue weighted by molar-refractivity contribution is -0.137. The smallest absolute Gasteiger partial charge is 0.378 e. The maximum Gasteiger partial charge on any atom is 0.416 e. The van der Waals surface area contributed by atoms with Crippen LogP contribution in [0.15, 0.2) is 47.4 Å². The number of nitrogens with one attached hydrogen (secondary N) is 1. The first kappa shape index (κ1) is 21.1. The summed E-state index contributed by atoms with van der Waals surface area (Å²) < 4.78 is 72.6. The van der Waals surface area contributed by atoms with E-state index < -0.39 is 21.8 Å². The van der Waals surface area contributed by atoms with Gasteiger partial charge in [-0.15, -0.1) is 0 Å². The Morgan fingerprint density at radius 2 is 1.69 bits per heavy atom. The Kier molecular flexibility index (Phi) is 5.85. The molecule has 0 bridgehead atoms. The Hall–Kier alpha value is -2.59. The number of rotatable bonds is 5. The number of anilines is 2. The fourth-order valence-electron chi connectivity index (χ4n) is 2.95. The zero-order valence-electron chi connectivity index (χ0n) is 15.5. The van der Waals surface area contributed by atoms with Crippen molar-refractivity contribution in [3.63, 3.8) is 0 Å². The van der Waals surface area contributed by atoms with Crippen LogP contribution >= 0.6 is 0 Å². The number of carbonyl (C=O) groups is 1. The Morgan fingerprint density at radius 1 is 1.07 bits per heavy atom. The molecule has 1 N–H and O–H groups in total. The van der Waals surface area contributed by atoms with Crippen LogP contribution in [0.25, 0.3) is 0 Å². The number of ether oxygens (including phenoxy) is 1. The Labute approximate surface area is 166 Å². The third-order valence-electron chi connectivity index (χ3n) is 4.49. The molecular formula is C19H19F3N2O4S. The zero-order valence-corrected chi connectivity index (χ0v) is 16.3. The molecule has 0 aliphatic carbocycles. The van der Waals surface area contributed by atoms with Crippen molar-refractivity contribution in [1.29, 1.82) is 0 Å². The van der Waals surface area contributed by atoms with Crippen molar-refractivity contribution in [2.24, 2.45) is 0 Å². The van der Waals surface area contributed by atoms with Gasteiger partial charge >= 0.3 is 6.18 Å². The summed E-state index contributed by atoms with van der Waals surface area (Å²) in [6.07, 6.45) is -4.62. The fraction of sp³-hybridized carbons (Fsp3) is 0.316. The number of ketones is 1. The van der Waals surface area contributed by atoms with Gasteiger partial charge in [0.05, 0.1) is 35.0 Å². The number of hydrogen-bond donors (Lipinski definition) is 1. The van der Waals surface area contributed by atoms with Crippen LogP contribution in [0, 0.1) is 0 Å². The first-order chi connectivity index (χ1) is 13.6. The van der Waals surface area contributed by atoms with Crippen LogP contribution in [0.4, 0.5) is 24.5 Å². The summed E-state index contributed by atoms with van der Waals surface area (Å²) in [5.74, 6) is -0.227. The highest BCUT2D eigenvalue weighted by molar-refractivity contribution is 7.92. The van der Waals surface area contributed by atoms with Crippen LogP contribution in [-0.2, 0) is 20.9 Å². The largest absolute Gasteiger partial charge is 0.416 e. The molecule has 156 valence electrons. The summed E-state index contributed by atoms with van der Waals surface area (Å²) >= 11 is 0. The second-order valence-corrected chi connectivity index (χ2v) is 8.20. The monoisotopic (exact) mass is 428 g/mol. The minimum absolute atomic E-state index is 0.159. The maximum absolute atomic E-state index is 13.2. The predicted molar refractivity (Wildman–Crippen MR) is 102 cm³/mol. The van der Waals surface area contributed by atoms with E-state index in [0.717, 1.165) is 12.1 Å². The van der Waals surface area contributed by atoms with Crippen molar-refractivity contribution in [3.8, 4) is 0 Å². The van der Waals surface area contributed by atoms with Crippen LogP contribution in [0.5, 0.6) is 0 Å². The topological polar surface area (TPSA) is 75.7 Å². The molecule has 0 radical (unpaired) electrons. The molecule has 0 unspecified atom stereocenters. The van der Waals surface area contributed by atoms with Crippen LogP contribution in [0.3, 0.4) is 0 Å². The summed E-state index contributed by atoms with van der Waals surface area (Å²) in [5.41, 5.74) is -0.459. The van der Waals surface area contributed by atoms with E-state index in [1.54, 1.807) is 4.90 Å². The van der Waals surface area contributed by atoms with Gasteiger partial charge in [0.1, 0.15) is 0 Å². The summed E-state index contributed by atoms with van der Waals surface area (Å²) in [7, 11) is -4.17. The van der Waals surface area contributed by atoms with E-state index in [2.05, 4.69) is 4.72 Å². The molecule has 29 heavy (non-hydrogen) atoms. The Balaban J connectivity index is 1.99. The number of halogens is 3. The summed E-state index contributed by atoms with van der Waals surface area (Å²) in [4.78, 5) is 13.0. The minimum Gasteiger partial charge on any atom is -0.378 e. The highest BCUT2D eigenvalue weighted by atomic mass is 32.2. The van der Waals surface area contributed by atoms with Gasteiger partial charge < -0.3 is 9.64 Å². The average molecular weight is 428 g/mol. The van der Waals surface area contributed by atoms with Crippen molar-refractivity contribution >= 4 is 27.2 Å². The van der Waals surface area contributed by atoms with E-state index in [0.29, 0.717) is 37.6 Å². The standard InChI is InChI=1S/C19H19F3N2O4S/c1-13(25)14-2-5-16(6-3-14)29(26,27)23-17-12-15(19(20,21)22)4-7-18(17)24-8-10-28-11-9-24/h2-7,12,23H,8-11H2,1H3. The van der Waals surface area contributed by atoms with Gasteiger partial charge in [-0.2, -0.15) is 13.2 Å². The molecule has 2 aromatic rings. The van der Waals surface area contributed by atoms with E-state index in [-0.39, 0.29) is 16.4 Å². The number of alkyl halides is 3. The highest BCUT2D eigenvalue weighted by Gasteiger charge is 2.32. The van der Waals surface area contributed by atoms with Gasteiger partial charge in [0.15, 0.2) is 5.78 Å².